The van der Waals surface area contributed by atoms with E-state index in [1.807, 2.05) is 22.6 Å². The number of aliphatic hydroxyl groups is 1. The van der Waals surface area contributed by atoms with Crippen molar-refractivity contribution in [1.29, 1.82) is 0 Å². The molecule has 1 aliphatic heterocycles. The number of β-amino-alcohol motifs (C(OH)–C–C–N with tert-alkyl or cyclic N) is 1. The second kappa shape index (κ2) is 7.64. The predicted molar refractivity (Wildman–Crippen MR) is 103 cm³/mol. The molecule has 1 saturated heterocycles. The van der Waals surface area contributed by atoms with E-state index in [-0.39, 0.29) is 30.9 Å². The first-order valence-electron chi connectivity index (χ1n) is 8.16. The third kappa shape index (κ3) is 4.04. The fourth-order valence-corrected chi connectivity index (χ4v) is 3.43. The Morgan fingerprint density at radius 2 is 1.93 bits per heavy atom. The summed E-state index contributed by atoms with van der Waals surface area (Å²) in [4.78, 5) is 14.0. The molecular formula is C18H17F3IN3O2. The van der Waals surface area contributed by atoms with Gasteiger partial charge in [-0.3, -0.25) is 4.79 Å². The molecular weight excluding hydrogens is 474 g/mol. The van der Waals surface area contributed by atoms with Crippen LogP contribution in [0.2, 0.25) is 0 Å². The second-order valence-electron chi connectivity index (χ2n) is 6.46. The van der Waals surface area contributed by atoms with Crippen LogP contribution in [0.4, 0.5) is 24.5 Å². The van der Waals surface area contributed by atoms with Crippen LogP contribution < -0.4 is 11.1 Å². The Morgan fingerprint density at radius 1 is 1.22 bits per heavy atom. The summed E-state index contributed by atoms with van der Waals surface area (Å²) in [6, 6.07) is 6.16. The molecule has 2 aromatic carbocycles. The van der Waals surface area contributed by atoms with Crippen LogP contribution in [0.15, 0.2) is 30.3 Å². The lowest BCUT2D eigenvalue weighted by atomic mass is 9.89. The maximum Gasteiger partial charge on any atom is 0.256 e. The Labute approximate surface area is 167 Å². The minimum atomic E-state index is -1.28. The fourth-order valence-electron chi connectivity index (χ4n) is 2.98. The van der Waals surface area contributed by atoms with Crippen LogP contribution in [0, 0.1) is 21.0 Å². The number of likely N-dealkylation sites (tertiary alicyclic amines) is 1. The lowest BCUT2D eigenvalue weighted by Gasteiger charge is -2.46. The van der Waals surface area contributed by atoms with E-state index in [4.69, 9.17) is 5.73 Å². The molecule has 27 heavy (non-hydrogen) atoms. The molecule has 0 saturated carbocycles. The second-order valence-corrected chi connectivity index (χ2v) is 7.70. The summed E-state index contributed by atoms with van der Waals surface area (Å²) in [5, 5.41) is 12.7. The summed E-state index contributed by atoms with van der Waals surface area (Å²) >= 11 is 1.92. The van der Waals surface area contributed by atoms with Crippen molar-refractivity contribution in [3.05, 3.63) is 56.9 Å². The highest BCUT2D eigenvalue weighted by Gasteiger charge is 2.43. The van der Waals surface area contributed by atoms with Crippen LogP contribution in [0.25, 0.3) is 0 Å². The van der Waals surface area contributed by atoms with Gasteiger partial charge in [-0.25, -0.2) is 13.2 Å². The lowest BCUT2D eigenvalue weighted by molar-refractivity contribution is -0.0839. The third-order valence-electron chi connectivity index (χ3n) is 4.38. The zero-order chi connectivity index (χ0) is 19.8. The molecule has 0 unspecified atom stereocenters. The molecule has 1 aliphatic rings. The fraction of sp³-hybridized carbons (Fsp3) is 0.278. The zero-order valence-corrected chi connectivity index (χ0v) is 16.3. The van der Waals surface area contributed by atoms with Crippen molar-refractivity contribution in [2.24, 2.45) is 5.73 Å². The quantitative estimate of drug-likeness (QED) is 0.563. The standard InChI is InChI=1S/C18H17F3IN3O2/c19-12-3-2-11(17(26)25-8-18(27,9-25)5-6-23)16(15(12)21)24-14-4-1-10(22)7-13(14)20/h1-4,7,24,27H,5-6,8-9,23H2. The minimum absolute atomic E-state index is 0.0410. The van der Waals surface area contributed by atoms with Crippen molar-refractivity contribution in [2.45, 2.75) is 12.0 Å². The van der Waals surface area contributed by atoms with Gasteiger partial charge in [-0.1, -0.05) is 0 Å². The molecule has 3 rings (SSSR count). The van der Waals surface area contributed by atoms with Gasteiger partial charge < -0.3 is 21.1 Å². The molecule has 0 spiro atoms. The van der Waals surface area contributed by atoms with Gasteiger partial charge in [0.25, 0.3) is 5.91 Å². The van der Waals surface area contributed by atoms with E-state index in [1.54, 1.807) is 6.07 Å². The van der Waals surface area contributed by atoms with Gasteiger partial charge in [0.05, 0.1) is 30.0 Å². The molecule has 144 valence electrons. The SMILES string of the molecule is NCCC1(O)CN(C(=O)c2ccc(F)c(F)c2Nc2ccc(I)cc2F)C1. The van der Waals surface area contributed by atoms with Crippen LogP contribution in [-0.4, -0.2) is 41.1 Å². The van der Waals surface area contributed by atoms with E-state index in [1.165, 1.54) is 17.0 Å². The Hall–Kier alpha value is -1.85. The maximum absolute atomic E-state index is 14.4. The van der Waals surface area contributed by atoms with Crippen LogP contribution in [0.5, 0.6) is 0 Å². The predicted octanol–water partition coefficient (Wildman–Crippen LogP) is 2.99. The number of anilines is 2. The number of nitrogens with one attached hydrogen (secondary N) is 1. The van der Waals surface area contributed by atoms with Gasteiger partial charge in [0.1, 0.15) is 11.4 Å². The van der Waals surface area contributed by atoms with Gasteiger partial charge in [-0.2, -0.15) is 0 Å². The van der Waals surface area contributed by atoms with Gasteiger partial charge in [-0.15, -0.1) is 0 Å². The number of hydrogen-bond acceptors (Lipinski definition) is 4. The maximum atomic E-state index is 14.4. The number of carbonyl (C=O) groups is 1. The van der Waals surface area contributed by atoms with Gasteiger partial charge in [0.15, 0.2) is 11.6 Å². The topological polar surface area (TPSA) is 78.6 Å². The average Bonchev–Trinajstić information content (AvgIpc) is 2.58. The summed E-state index contributed by atoms with van der Waals surface area (Å²) < 4.78 is 42.8. The lowest BCUT2D eigenvalue weighted by Crippen LogP contribution is -2.64. The van der Waals surface area contributed by atoms with E-state index in [0.29, 0.717) is 9.99 Å². The van der Waals surface area contributed by atoms with Crippen molar-refractivity contribution >= 4 is 39.9 Å². The van der Waals surface area contributed by atoms with E-state index < -0.39 is 34.6 Å². The molecule has 4 N–H and O–H groups in total. The number of rotatable bonds is 5. The van der Waals surface area contributed by atoms with Gasteiger partial charge in [-0.05, 0) is 65.9 Å². The van der Waals surface area contributed by atoms with Crippen LogP contribution in [0.3, 0.4) is 0 Å². The number of benzene rings is 2. The molecule has 2 aromatic rings. The molecule has 9 heteroatoms. The highest BCUT2D eigenvalue weighted by atomic mass is 127. The van der Waals surface area contributed by atoms with Crippen molar-refractivity contribution in [3.8, 4) is 0 Å². The zero-order valence-electron chi connectivity index (χ0n) is 14.1. The number of amides is 1. The summed E-state index contributed by atoms with van der Waals surface area (Å²) in [7, 11) is 0. The molecule has 1 fully saturated rings. The molecule has 1 amide bonds. The Balaban J connectivity index is 1.90. The molecule has 0 radical (unpaired) electrons. The number of nitrogens with two attached hydrogens (primary N) is 1. The first-order chi connectivity index (χ1) is 12.7. The van der Waals surface area contributed by atoms with Crippen LogP contribution >= 0.6 is 22.6 Å². The normalized spacial score (nSPS) is 15.4. The summed E-state index contributed by atoms with van der Waals surface area (Å²) in [5.74, 6) is -3.70. The Bertz CT molecular complexity index is 888. The number of halogens is 4. The van der Waals surface area contributed by atoms with Crippen molar-refractivity contribution in [2.75, 3.05) is 25.0 Å². The van der Waals surface area contributed by atoms with Crippen molar-refractivity contribution in [1.82, 2.24) is 4.90 Å². The molecule has 0 aromatic heterocycles. The van der Waals surface area contributed by atoms with Gasteiger partial charge in [0.2, 0.25) is 0 Å². The van der Waals surface area contributed by atoms with Gasteiger partial charge in [0, 0.05) is 3.57 Å². The molecule has 1 heterocycles. The Kier molecular flexibility index (Phi) is 5.63. The smallest absolute Gasteiger partial charge is 0.256 e. The van der Waals surface area contributed by atoms with E-state index in [0.717, 1.165) is 12.1 Å². The third-order valence-corrected chi connectivity index (χ3v) is 5.05. The first-order valence-corrected chi connectivity index (χ1v) is 9.24. The molecule has 0 bridgehead atoms. The summed E-state index contributed by atoms with van der Waals surface area (Å²) in [6.07, 6.45) is 0.327. The van der Waals surface area contributed by atoms with E-state index >= 15 is 0 Å². The highest BCUT2D eigenvalue weighted by molar-refractivity contribution is 14.1. The number of nitrogens with zero attached hydrogens (tertiary/aromatic N) is 1. The van der Waals surface area contributed by atoms with Crippen LogP contribution in [0.1, 0.15) is 16.8 Å². The highest BCUT2D eigenvalue weighted by Crippen LogP contribution is 2.32. The van der Waals surface area contributed by atoms with E-state index in [2.05, 4.69) is 5.32 Å². The van der Waals surface area contributed by atoms with Crippen molar-refractivity contribution in [3.63, 3.8) is 0 Å². The largest absolute Gasteiger partial charge is 0.386 e. The summed E-state index contributed by atoms with van der Waals surface area (Å²) in [6.45, 7) is 0.349. The van der Waals surface area contributed by atoms with Crippen molar-refractivity contribution < 1.29 is 23.1 Å². The molecule has 0 aliphatic carbocycles. The van der Waals surface area contributed by atoms with Crippen LogP contribution in [-0.2, 0) is 0 Å². The number of carbonyl (C=O) groups excluding carboxylic acids is 1. The monoisotopic (exact) mass is 491 g/mol. The first kappa shape index (κ1) is 19.9. The average molecular weight is 491 g/mol. The van der Waals surface area contributed by atoms with Gasteiger partial charge >= 0.3 is 0 Å². The number of hydrogen-bond donors (Lipinski definition) is 3. The molecule has 0 atom stereocenters. The minimum Gasteiger partial charge on any atom is -0.386 e. The van der Waals surface area contributed by atoms with E-state index in [9.17, 15) is 23.1 Å². The summed E-state index contributed by atoms with van der Waals surface area (Å²) in [5.41, 5.74) is 3.67. The molecule has 5 nitrogen and oxygen atoms in total. The Morgan fingerprint density at radius 3 is 2.56 bits per heavy atom.